The number of hydrogen-bond acceptors (Lipinski definition) is 6. The third-order valence-electron chi connectivity index (χ3n) is 5.03. The predicted octanol–water partition coefficient (Wildman–Crippen LogP) is 4.70. The highest BCUT2D eigenvalue weighted by Crippen LogP contribution is 2.25. The summed E-state index contributed by atoms with van der Waals surface area (Å²) in [4.78, 5) is 36.7. The molecule has 2 aromatic carbocycles. The summed E-state index contributed by atoms with van der Waals surface area (Å²) in [6.45, 7) is 1.64. The van der Waals surface area contributed by atoms with Crippen molar-refractivity contribution in [2.45, 2.75) is 17.6 Å². The van der Waals surface area contributed by atoms with Crippen LogP contribution in [0.25, 0.3) is 16.5 Å². The number of amides is 3. The van der Waals surface area contributed by atoms with Gasteiger partial charge in [-0.15, -0.1) is 11.3 Å². The number of urea groups is 1. The molecule has 0 saturated heterocycles. The molecule has 0 aliphatic heterocycles. The number of hydrogen-bond donors (Lipinski definition) is 3. The van der Waals surface area contributed by atoms with Crippen molar-refractivity contribution < 1.29 is 22.4 Å². The lowest BCUT2D eigenvalue weighted by Crippen LogP contribution is -2.33. The van der Waals surface area contributed by atoms with Crippen molar-refractivity contribution in [1.29, 1.82) is 0 Å². The number of halogens is 2. The predicted molar refractivity (Wildman–Crippen MR) is 137 cm³/mol. The summed E-state index contributed by atoms with van der Waals surface area (Å²) in [5.41, 5.74) is 0.202. The average Bonchev–Trinajstić information content (AvgIpc) is 3.28. The number of carbonyl (C=O) groups excluding carboxylic acids is 2. The number of nitrogens with one attached hydrogen (secondary N) is 3. The lowest BCUT2D eigenvalue weighted by molar-refractivity contribution is -0.115. The van der Waals surface area contributed by atoms with E-state index in [2.05, 4.69) is 10.6 Å². The molecule has 3 N–H and O–H groups in total. The van der Waals surface area contributed by atoms with Crippen molar-refractivity contribution in [3.8, 4) is 5.69 Å². The summed E-state index contributed by atoms with van der Waals surface area (Å²) in [5, 5.41) is 5.43. The van der Waals surface area contributed by atoms with Crippen molar-refractivity contribution in [3.63, 3.8) is 0 Å². The summed E-state index contributed by atoms with van der Waals surface area (Å²) in [7, 11) is -4.08. The normalized spacial score (nSPS) is 11.3. The molecule has 0 fully saturated rings. The van der Waals surface area contributed by atoms with Crippen molar-refractivity contribution >= 4 is 67.0 Å². The molecule has 2 heterocycles. The maximum absolute atomic E-state index is 14.5. The number of nitrogens with zero attached hydrogens (tertiary/aromatic N) is 1. The fraction of sp³-hybridized carbons (Fsp3) is 0.0870. The molecule has 0 aliphatic carbocycles. The quantitative estimate of drug-likeness (QED) is 0.322. The van der Waals surface area contributed by atoms with E-state index in [-0.39, 0.29) is 37.6 Å². The molecule has 0 spiro atoms. The van der Waals surface area contributed by atoms with Gasteiger partial charge in [-0.05, 0) is 60.0 Å². The topological polar surface area (TPSA) is 126 Å². The molecular formula is C23H18ClFN4O5S2. The number of aromatic nitrogens is 1. The van der Waals surface area contributed by atoms with Gasteiger partial charge >= 0.3 is 6.03 Å². The van der Waals surface area contributed by atoms with Crippen molar-refractivity contribution in [2.24, 2.45) is 0 Å². The van der Waals surface area contributed by atoms with Crippen LogP contribution in [0, 0.1) is 5.82 Å². The summed E-state index contributed by atoms with van der Waals surface area (Å²) < 4.78 is 42.3. The Morgan fingerprint density at radius 2 is 1.78 bits per heavy atom. The molecule has 2 aromatic heterocycles. The molecule has 9 nitrogen and oxygen atoms in total. The van der Waals surface area contributed by atoms with E-state index in [1.54, 1.807) is 13.0 Å². The number of benzene rings is 2. The van der Waals surface area contributed by atoms with Crippen LogP contribution >= 0.6 is 22.9 Å². The van der Waals surface area contributed by atoms with E-state index in [0.29, 0.717) is 11.1 Å². The molecule has 4 rings (SSSR count). The fourth-order valence-electron chi connectivity index (χ4n) is 3.28. The highest BCUT2D eigenvalue weighted by Gasteiger charge is 2.20. The molecule has 0 unspecified atom stereocenters. The highest BCUT2D eigenvalue weighted by atomic mass is 35.5. The van der Waals surface area contributed by atoms with Gasteiger partial charge in [0.15, 0.2) is 0 Å². The van der Waals surface area contributed by atoms with E-state index in [1.807, 2.05) is 4.72 Å². The number of pyridine rings is 1. The van der Waals surface area contributed by atoms with Crippen LogP contribution in [0.2, 0.25) is 4.34 Å². The van der Waals surface area contributed by atoms with Crippen molar-refractivity contribution in [2.75, 3.05) is 10.6 Å². The highest BCUT2D eigenvalue weighted by molar-refractivity contribution is 7.92. The second-order valence-corrected chi connectivity index (χ2v) is 11.1. The van der Waals surface area contributed by atoms with Gasteiger partial charge < -0.3 is 10.6 Å². The first-order valence-corrected chi connectivity index (χ1v) is 13.1. The van der Waals surface area contributed by atoms with E-state index in [0.717, 1.165) is 17.4 Å². The van der Waals surface area contributed by atoms with Crippen LogP contribution in [0.3, 0.4) is 0 Å². The van der Waals surface area contributed by atoms with E-state index in [9.17, 15) is 27.2 Å². The van der Waals surface area contributed by atoms with Gasteiger partial charge in [-0.3, -0.25) is 14.2 Å². The Labute approximate surface area is 213 Å². The second kappa shape index (κ2) is 10.1. The minimum absolute atomic E-state index is 0.00982. The molecule has 0 saturated carbocycles. The van der Waals surface area contributed by atoms with Crippen molar-refractivity contribution in [3.05, 3.63) is 81.3 Å². The van der Waals surface area contributed by atoms with Gasteiger partial charge in [-0.2, -0.15) is 0 Å². The molecule has 0 atom stereocenters. The third kappa shape index (κ3) is 5.40. The summed E-state index contributed by atoms with van der Waals surface area (Å²) in [6.07, 6.45) is 1.69. The molecule has 186 valence electrons. The Hall–Kier alpha value is -3.74. The Kier molecular flexibility index (Phi) is 7.11. The number of thiophene rings is 1. The lowest BCUT2D eigenvalue weighted by atomic mass is 10.1. The molecule has 0 radical (unpaired) electrons. The van der Waals surface area contributed by atoms with Crippen LogP contribution in [0.15, 0.2) is 69.8 Å². The average molecular weight is 549 g/mol. The second-order valence-electron chi connectivity index (χ2n) is 7.48. The first kappa shape index (κ1) is 25.4. The Morgan fingerprint density at radius 1 is 1.06 bits per heavy atom. The minimum atomic E-state index is -4.08. The SMILES string of the molecule is CCC(=O)Nc1cc2ccn(-c3ccc(NC(=O)NS(=O)(=O)c4ccc(Cl)s4)cc3)c(=O)c2cc1F. The van der Waals surface area contributed by atoms with Crippen molar-refractivity contribution in [1.82, 2.24) is 9.29 Å². The zero-order valence-electron chi connectivity index (χ0n) is 18.5. The van der Waals surface area contributed by atoms with E-state index in [1.165, 1.54) is 53.2 Å². The molecular weight excluding hydrogens is 531 g/mol. The van der Waals surface area contributed by atoms with Crippen LogP contribution in [-0.4, -0.2) is 24.9 Å². The van der Waals surface area contributed by atoms with Gasteiger partial charge in [0.25, 0.3) is 15.6 Å². The Balaban J connectivity index is 1.53. The molecule has 13 heteroatoms. The molecule has 0 bridgehead atoms. The van der Waals surface area contributed by atoms with Crippen LogP contribution < -0.4 is 20.9 Å². The molecule has 3 amide bonds. The Morgan fingerprint density at radius 3 is 2.42 bits per heavy atom. The minimum Gasteiger partial charge on any atom is -0.324 e. The first-order chi connectivity index (χ1) is 17.1. The standard InChI is InChI=1S/C23H18ClFN4O5S2/c1-2-20(30)27-18-11-13-9-10-29(22(31)16(13)12-17(18)25)15-5-3-14(4-6-15)26-23(32)28-36(33,34)21-8-7-19(24)35-21/h3-12H,2H2,1H3,(H,27,30)(H2,26,28,32). The Bertz CT molecular complexity index is 1650. The number of fused-ring (bicyclic) bond motifs is 1. The van der Waals surface area contributed by atoms with Gasteiger partial charge in [0.05, 0.1) is 15.4 Å². The summed E-state index contributed by atoms with van der Waals surface area (Å²) in [5.74, 6) is -1.08. The maximum Gasteiger partial charge on any atom is 0.333 e. The largest absolute Gasteiger partial charge is 0.333 e. The van der Waals surface area contributed by atoms with Crippen LogP contribution in [0.4, 0.5) is 20.6 Å². The molecule has 4 aromatic rings. The maximum atomic E-state index is 14.5. The first-order valence-electron chi connectivity index (χ1n) is 10.4. The molecule has 0 aliphatic rings. The fourth-order valence-corrected chi connectivity index (χ4v) is 5.67. The number of carbonyl (C=O) groups is 2. The lowest BCUT2D eigenvalue weighted by Gasteiger charge is -2.11. The van der Waals surface area contributed by atoms with Gasteiger partial charge in [0, 0.05) is 24.0 Å². The number of rotatable bonds is 6. The van der Waals surface area contributed by atoms with Gasteiger partial charge in [0.1, 0.15) is 10.0 Å². The van der Waals surface area contributed by atoms with E-state index >= 15 is 0 Å². The van der Waals surface area contributed by atoms with Gasteiger partial charge in [0.2, 0.25) is 5.91 Å². The van der Waals surface area contributed by atoms with Crippen LogP contribution in [0.1, 0.15) is 13.3 Å². The summed E-state index contributed by atoms with van der Waals surface area (Å²) >= 11 is 6.56. The van der Waals surface area contributed by atoms with E-state index in [4.69, 9.17) is 11.6 Å². The zero-order valence-corrected chi connectivity index (χ0v) is 20.9. The van der Waals surface area contributed by atoms with Gasteiger partial charge in [-0.25, -0.2) is 22.3 Å². The zero-order chi connectivity index (χ0) is 26.0. The number of anilines is 2. The molecule has 36 heavy (non-hydrogen) atoms. The number of sulfonamides is 1. The van der Waals surface area contributed by atoms with Gasteiger partial charge in [-0.1, -0.05) is 18.5 Å². The smallest absolute Gasteiger partial charge is 0.324 e. The van der Waals surface area contributed by atoms with E-state index < -0.39 is 27.4 Å². The van der Waals surface area contributed by atoms with Crippen LogP contribution in [0.5, 0.6) is 0 Å². The van der Waals surface area contributed by atoms with Crippen LogP contribution in [-0.2, 0) is 14.8 Å². The monoisotopic (exact) mass is 548 g/mol. The summed E-state index contributed by atoms with van der Waals surface area (Å²) in [6, 6.07) is 11.8. The third-order valence-corrected chi connectivity index (χ3v) is 8.08.